The molecule has 1 fully saturated rings. The highest BCUT2D eigenvalue weighted by atomic mass is 16.5. The molecular weight excluding hydrogens is 394 g/mol. The summed E-state index contributed by atoms with van der Waals surface area (Å²) in [7, 11) is 0. The average Bonchev–Trinajstić information content (AvgIpc) is 2.75. The minimum absolute atomic E-state index is 0.0291. The molecule has 7 heteroatoms. The Labute approximate surface area is 186 Å². The molecule has 1 saturated heterocycles. The van der Waals surface area contributed by atoms with E-state index in [4.69, 9.17) is 9.47 Å². The smallest absolute Gasteiger partial charge is 0.251 e. The lowest BCUT2D eigenvalue weighted by atomic mass is 10.00. The Morgan fingerprint density at radius 2 is 1.74 bits per heavy atom. The molecule has 0 aliphatic carbocycles. The number of carbonyl (C=O) groups is 2. The molecule has 0 spiro atoms. The van der Waals surface area contributed by atoms with Crippen molar-refractivity contribution in [1.82, 2.24) is 15.5 Å². The second kappa shape index (κ2) is 12.7. The normalized spacial score (nSPS) is 16.7. The first-order valence-electron chi connectivity index (χ1n) is 11.4. The van der Waals surface area contributed by atoms with Crippen LogP contribution in [0, 0.1) is 11.8 Å². The van der Waals surface area contributed by atoms with Crippen molar-refractivity contribution in [3.8, 4) is 5.75 Å². The first-order chi connectivity index (χ1) is 14.8. The van der Waals surface area contributed by atoms with Crippen molar-refractivity contribution in [1.29, 1.82) is 0 Å². The van der Waals surface area contributed by atoms with E-state index in [9.17, 15) is 9.59 Å². The Balaban J connectivity index is 1.97. The summed E-state index contributed by atoms with van der Waals surface area (Å²) >= 11 is 0. The van der Waals surface area contributed by atoms with Gasteiger partial charge in [-0.3, -0.25) is 14.5 Å². The largest absolute Gasteiger partial charge is 0.494 e. The number of hydrogen-bond acceptors (Lipinski definition) is 5. The Morgan fingerprint density at radius 3 is 2.29 bits per heavy atom. The number of amides is 2. The molecular formula is C24H39N3O4. The molecule has 0 aromatic heterocycles. The topological polar surface area (TPSA) is 79.9 Å². The summed E-state index contributed by atoms with van der Waals surface area (Å²) in [6.07, 6.45) is 1.01. The van der Waals surface area contributed by atoms with Crippen LogP contribution >= 0.6 is 0 Å². The molecule has 0 radical (unpaired) electrons. The van der Waals surface area contributed by atoms with Gasteiger partial charge in [-0.25, -0.2) is 0 Å². The molecule has 2 amide bonds. The molecule has 174 valence electrons. The van der Waals surface area contributed by atoms with Gasteiger partial charge in [-0.2, -0.15) is 0 Å². The van der Waals surface area contributed by atoms with Crippen LogP contribution in [0.1, 0.15) is 51.4 Å². The van der Waals surface area contributed by atoms with Gasteiger partial charge >= 0.3 is 0 Å². The number of hydrogen-bond donors (Lipinski definition) is 2. The van der Waals surface area contributed by atoms with E-state index in [0.717, 1.165) is 38.5 Å². The van der Waals surface area contributed by atoms with Crippen LogP contribution in [0.2, 0.25) is 0 Å². The molecule has 1 aromatic carbocycles. The standard InChI is InChI=1S/C24H39N3O4/c1-6-31-21-9-7-19(8-10-21)23(28)26-22(18(4)5)24(29)25-16-20(15-17(2)3)27-11-13-30-14-12-27/h7-10,17-18,20,22H,6,11-16H2,1-5H3,(H,25,29)(H,26,28). The highest BCUT2D eigenvalue weighted by Gasteiger charge is 2.27. The number of carbonyl (C=O) groups excluding carboxylic acids is 2. The molecule has 1 aliphatic rings. The Hall–Kier alpha value is -2.12. The summed E-state index contributed by atoms with van der Waals surface area (Å²) in [5.74, 6) is 0.820. The maximum absolute atomic E-state index is 13.0. The summed E-state index contributed by atoms with van der Waals surface area (Å²) in [6.45, 7) is 14.6. The van der Waals surface area contributed by atoms with Crippen LogP contribution in [0.15, 0.2) is 24.3 Å². The van der Waals surface area contributed by atoms with Crippen LogP contribution in [0.3, 0.4) is 0 Å². The molecule has 7 nitrogen and oxygen atoms in total. The third-order valence-electron chi connectivity index (χ3n) is 5.48. The van der Waals surface area contributed by atoms with E-state index in [1.165, 1.54) is 0 Å². The van der Waals surface area contributed by atoms with Gasteiger partial charge in [0.05, 0.1) is 19.8 Å². The first-order valence-corrected chi connectivity index (χ1v) is 11.4. The van der Waals surface area contributed by atoms with Crippen molar-refractivity contribution < 1.29 is 19.1 Å². The Bertz CT molecular complexity index is 685. The zero-order valence-corrected chi connectivity index (χ0v) is 19.6. The van der Waals surface area contributed by atoms with Gasteiger partial charge in [0.2, 0.25) is 5.91 Å². The van der Waals surface area contributed by atoms with Gasteiger partial charge in [-0.1, -0.05) is 27.7 Å². The number of ether oxygens (including phenoxy) is 2. The quantitative estimate of drug-likeness (QED) is 0.561. The van der Waals surface area contributed by atoms with Crippen molar-refractivity contribution in [2.75, 3.05) is 39.5 Å². The van der Waals surface area contributed by atoms with Gasteiger partial charge in [0.15, 0.2) is 0 Å². The van der Waals surface area contributed by atoms with Crippen molar-refractivity contribution in [3.63, 3.8) is 0 Å². The Kier molecular flexibility index (Phi) is 10.3. The lowest BCUT2D eigenvalue weighted by Crippen LogP contribution is -2.54. The highest BCUT2D eigenvalue weighted by Crippen LogP contribution is 2.15. The molecule has 31 heavy (non-hydrogen) atoms. The van der Waals surface area contributed by atoms with Crippen LogP contribution in [0.4, 0.5) is 0 Å². The van der Waals surface area contributed by atoms with Crippen LogP contribution in [-0.2, 0) is 9.53 Å². The predicted molar refractivity (Wildman–Crippen MR) is 122 cm³/mol. The van der Waals surface area contributed by atoms with Crippen molar-refractivity contribution in [2.45, 2.75) is 53.1 Å². The number of benzene rings is 1. The van der Waals surface area contributed by atoms with Crippen LogP contribution < -0.4 is 15.4 Å². The van der Waals surface area contributed by atoms with Crippen LogP contribution in [0.25, 0.3) is 0 Å². The zero-order chi connectivity index (χ0) is 22.8. The summed E-state index contributed by atoms with van der Waals surface area (Å²) in [5.41, 5.74) is 0.507. The maximum atomic E-state index is 13.0. The number of morpholine rings is 1. The number of nitrogens with zero attached hydrogens (tertiary/aromatic N) is 1. The van der Waals surface area contributed by atoms with Crippen molar-refractivity contribution in [3.05, 3.63) is 29.8 Å². The third kappa shape index (κ3) is 8.15. The monoisotopic (exact) mass is 433 g/mol. The van der Waals surface area contributed by atoms with Gasteiger partial charge in [-0.05, 0) is 49.4 Å². The van der Waals surface area contributed by atoms with Crippen LogP contribution in [0.5, 0.6) is 5.75 Å². The van der Waals surface area contributed by atoms with Gasteiger partial charge in [0.1, 0.15) is 11.8 Å². The van der Waals surface area contributed by atoms with Gasteiger partial charge in [-0.15, -0.1) is 0 Å². The molecule has 2 atom stereocenters. The molecule has 0 saturated carbocycles. The minimum Gasteiger partial charge on any atom is -0.494 e. The van der Waals surface area contributed by atoms with E-state index in [1.807, 2.05) is 20.8 Å². The summed E-state index contributed by atoms with van der Waals surface area (Å²) in [6, 6.07) is 6.63. The van der Waals surface area contributed by atoms with Gasteiger partial charge < -0.3 is 20.1 Å². The van der Waals surface area contributed by atoms with Gasteiger partial charge in [0, 0.05) is 31.2 Å². The average molecular weight is 434 g/mol. The second-order valence-electron chi connectivity index (χ2n) is 8.83. The summed E-state index contributed by atoms with van der Waals surface area (Å²) < 4.78 is 10.9. The number of rotatable bonds is 11. The summed E-state index contributed by atoms with van der Waals surface area (Å²) in [5, 5.41) is 6.00. The first kappa shape index (κ1) is 25.1. The fourth-order valence-corrected chi connectivity index (χ4v) is 3.81. The molecule has 1 aliphatic heterocycles. The van der Waals surface area contributed by atoms with Gasteiger partial charge in [0.25, 0.3) is 5.91 Å². The number of nitrogens with one attached hydrogen (secondary N) is 2. The lowest BCUT2D eigenvalue weighted by molar-refractivity contribution is -0.124. The van der Waals surface area contributed by atoms with Crippen LogP contribution in [-0.4, -0.2) is 68.3 Å². The highest BCUT2D eigenvalue weighted by molar-refractivity contribution is 5.97. The van der Waals surface area contributed by atoms with E-state index >= 15 is 0 Å². The molecule has 2 unspecified atom stereocenters. The molecule has 1 heterocycles. The van der Waals surface area contributed by atoms with Crippen molar-refractivity contribution in [2.24, 2.45) is 11.8 Å². The van der Waals surface area contributed by atoms with E-state index in [-0.39, 0.29) is 23.8 Å². The van der Waals surface area contributed by atoms with E-state index < -0.39 is 6.04 Å². The third-order valence-corrected chi connectivity index (χ3v) is 5.48. The molecule has 0 bridgehead atoms. The fraction of sp³-hybridized carbons (Fsp3) is 0.667. The molecule has 1 aromatic rings. The van der Waals surface area contributed by atoms with Crippen molar-refractivity contribution >= 4 is 11.8 Å². The predicted octanol–water partition coefficient (Wildman–Crippen LogP) is 2.70. The lowest BCUT2D eigenvalue weighted by Gasteiger charge is -2.36. The maximum Gasteiger partial charge on any atom is 0.251 e. The summed E-state index contributed by atoms with van der Waals surface area (Å²) in [4.78, 5) is 28.1. The molecule has 2 rings (SSSR count). The SMILES string of the molecule is CCOc1ccc(C(=O)NC(C(=O)NCC(CC(C)C)N2CCOCC2)C(C)C)cc1. The van der Waals surface area contributed by atoms with E-state index in [1.54, 1.807) is 24.3 Å². The molecule has 2 N–H and O–H groups in total. The fourth-order valence-electron chi connectivity index (χ4n) is 3.81. The zero-order valence-electron chi connectivity index (χ0n) is 19.6. The van der Waals surface area contributed by atoms with E-state index in [0.29, 0.717) is 24.6 Å². The van der Waals surface area contributed by atoms with E-state index in [2.05, 4.69) is 29.4 Å². The second-order valence-corrected chi connectivity index (χ2v) is 8.83. The minimum atomic E-state index is -0.594. The Morgan fingerprint density at radius 1 is 1.10 bits per heavy atom.